The fraction of sp³-hybridized carbons (Fsp3) is 0.500. The zero-order valence-corrected chi connectivity index (χ0v) is 13.4. The lowest BCUT2D eigenvalue weighted by molar-refractivity contribution is 0.207. The van der Waals surface area contributed by atoms with Gasteiger partial charge in [-0.15, -0.1) is 0 Å². The second-order valence-electron chi connectivity index (χ2n) is 4.63. The lowest BCUT2D eigenvalue weighted by atomic mass is 10.2. The topological polar surface area (TPSA) is 32.3 Å². The standard InChI is InChI=1S/C14H21ClN2OS/c1-10-5-6-12(15)9-13(10)16-14(18)17(3)11(2)7-8-19-4/h5-6,9,11H,7-8H2,1-4H3,(H,16,18). The van der Waals surface area contributed by atoms with E-state index < -0.39 is 0 Å². The van der Waals surface area contributed by atoms with Crippen molar-refractivity contribution in [2.75, 3.05) is 24.4 Å². The molecule has 1 N–H and O–H groups in total. The Labute approximate surface area is 124 Å². The van der Waals surface area contributed by atoms with Crippen LogP contribution in [0.5, 0.6) is 0 Å². The predicted octanol–water partition coefficient (Wildman–Crippen LogP) is 4.25. The van der Waals surface area contributed by atoms with Gasteiger partial charge in [-0.2, -0.15) is 11.8 Å². The number of hydrogen-bond donors (Lipinski definition) is 1. The summed E-state index contributed by atoms with van der Waals surface area (Å²) < 4.78 is 0. The molecule has 3 nitrogen and oxygen atoms in total. The molecule has 19 heavy (non-hydrogen) atoms. The summed E-state index contributed by atoms with van der Waals surface area (Å²) in [5.41, 5.74) is 1.77. The van der Waals surface area contributed by atoms with Crippen LogP contribution in [0.4, 0.5) is 10.5 Å². The van der Waals surface area contributed by atoms with Crippen LogP contribution in [0.3, 0.4) is 0 Å². The van der Waals surface area contributed by atoms with E-state index in [4.69, 9.17) is 11.6 Å². The number of rotatable bonds is 5. The van der Waals surface area contributed by atoms with Gasteiger partial charge in [-0.25, -0.2) is 4.79 Å². The highest BCUT2D eigenvalue weighted by Crippen LogP contribution is 2.20. The minimum absolute atomic E-state index is 0.0982. The molecule has 0 aliphatic rings. The van der Waals surface area contributed by atoms with Crippen molar-refractivity contribution in [1.29, 1.82) is 0 Å². The number of nitrogens with zero attached hydrogens (tertiary/aromatic N) is 1. The van der Waals surface area contributed by atoms with E-state index in [1.165, 1.54) is 0 Å². The molecule has 1 atom stereocenters. The summed E-state index contributed by atoms with van der Waals surface area (Å²) in [5.74, 6) is 1.05. The monoisotopic (exact) mass is 300 g/mol. The molecule has 0 spiro atoms. The van der Waals surface area contributed by atoms with E-state index in [1.54, 1.807) is 22.7 Å². The highest BCUT2D eigenvalue weighted by atomic mass is 35.5. The van der Waals surface area contributed by atoms with Gasteiger partial charge in [-0.3, -0.25) is 0 Å². The number of anilines is 1. The number of nitrogens with one attached hydrogen (secondary N) is 1. The van der Waals surface area contributed by atoms with Crippen LogP contribution in [-0.2, 0) is 0 Å². The van der Waals surface area contributed by atoms with E-state index in [0.29, 0.717) is 5.02 Å². The van der Waals surface area contributed by atoms with Gasteiger partial charge in [0.1, 0.15) is 0 Å². The number of benzene rings is 1. The van der Waals surface area contributed by atoms with Crippen LogP contribution >= 0.6 is 23.4 Å². The number of hydrogen-bond acceptors (Lipinski definition) is 2. The van der Waals surface area contributed by atoms with Crippen LogP contribution < -0.4 is 5.32 Å². The van der Waals surface area contributed by atoms with Gasteiger partial charge in [-0.05, 0) is 50.0 Å². The van der Waals surface area contributed by atoms with Crippen molar-refractivity contribution < 1.29 is 4.79 Å². The Bertz CT molecular complexity index is 439. The third-order valence-corrected chi connectivity index (χ3v) is 4.04. The molecule has 1 aromatic carbocycles. The molecule has 0 aromatic heterocycles. The van der Waals surface area contributed by atoms with E-state index in [0.717, 1.165) is 23.4 Å². The highest BCUT2D eigenvalue weighted by molar-refractivity contribution is 7.98. The smallest absolute Gasteiger partial charge is 0.321 e. The lowest BCUT2D eigenvalue weighted by Crippen LogP contribution is -2.38. The van der Waals surface area contributed by atoms with Crippen molar-refractivity contribution in [3.8, 4) is 0 Å². The molecule has 1 rings (SSSR count). The SMILES string of the molecule is CSCCC(C)N(C)C(=O)Nc1cc(Cl)ccc1C. The molecule has 1 unspecified atom stereocenters. The first kappa shape index (κ1) is 16.2. The number of carbonyl (C=O) groups excluding carboxylic acids is 1. The second-order valence-corrected chi connectivity index (χ2v) is 6.05. The Balaban J connectivity index is 2.65. The fourth-order valence-corrected chi connectivity index (χ4v) is 2.36. The number of aryl methyl sites for hydroxylation is 1. The van der Waals surface area contributed by atoms with Gasteiger partial charge in [0.2, 0.25) is 0 Å². The number of halogens is 1. The molecule has 0 heterocycles. The van der Waals surface area contributed by atoms with Crippen LogP contribution in [-0.4, -0.2) is 36.0 Å². The Morgan fingerprint density at radius 2 is 2.21 bits per heavy atom. The molecule has 0 saturated carbocycles. The summed E-state index contributed by atoms with van der Waals surface area (Å²) in [5, 5.41) is 3.53. The van der Waals surface area contributed by atoms with Crippen molar-refractivity contribution in [2.24, 2.45) is 0 Å². The molecular weight excluding hydrogens is 280 g/mol. The van der Waals surface area contributed by atoms with Gasteiger partial charge in [-0.1, -0.05) is 17.7 Å². The van der Waals surface area contributed by atoms with E-state index >= 15 is 0 Å². The molecule has 0 aliphatic heterocycles. The molecule has 0 saturated heterocycles. The van der Waals surface area contributed by atoms with Gasteiger partial charge < -0.3 is 10.2 Å². The first-order chi connectivity index (χ1) is 8.95. The van der Waals surface area contributed by atoms with Gasteiger partial charge >= 0.3 is 6.03 Å². The average molecular weight is 301 g/mol. The molecule has 0 radical (unpaired) electrons. The van der Waals surface area contributed by atoms with Gasteiger partial charge in [0.25, 0.3) is 0 Å². The van der Waals surface area contributed by atoms with Crippen molar-refractivity contribution in [1.82, 2.24) is 4.90 Å². The molecule has 1 aromatic rings. The number of carbonyl (C=O) groups is 1. The summed E-state index contributed by atoms with van der Waals surface area (Å²) >= 11 is 7.73. The minimum atomic E-state index is -0.0982. The van der Waals surface area contributed by atoms with E-state index in [2.05, 4.69) is 18.5 Å². The first-order valence-electron chi connectivity index (χ1n) is 6.24. The van der Waals surface area contributed by atoms with Crippen LogP contribution in [0.2, 0.25) is 5.02 Å². The van der Waals surface area contributed by atoms with Crippen LogP contribution in [0.1, 0.15) is 18.9 Å². The maximum atomic E-state index is 12.1. The predicted molar refractivity (Wildman–Crippen MR) is 85.4 cm³/mol. The highest BCUT2D eigenvalue weighted by Gasteiger charge is 2.16. The Kier molecular flexibility index (Phi) is 6.52. The third-order valence-electron chi connectivity index (χ3n) is 3.16. The Morgan fingerprint density at radius 3 is 2.84 bits per heavy atom. The zero-order chi connectivity index (χ0) is 14.4. The van der Waals surface area contributed by atoms with E-state index in [9.17, 15) is 4.79 Å². The zero-order valence-electron chi connectivity index (χ0n) is 11.9. The Hall–Kier alpha value is -0.870. The number of thioether (sulfide) groups is 1. The maximum absolute atomic E-state index is 12.1. The molecule has 2 amide bonds. The van der Waals surface area contributed by atoms with Crippen LogP contribution in [0.15, 0.2) is 18.2 Å². The van der Waals surface area contributed by atoms with Gasteiger partial charge in [0.15, 0.2) is 0 Å². The quantitative estimate of drug-likeness (QED) is 0.881. The Morgan fingerprint density at radius 1 is 1.53 bits per heavy atom. The van der Waals surface area contributed by atoms with E-state index in [-0.39, 0.29) is 12.1 Å². The largest absolute Gasteiger partial charge is 0.325 e. The number of amides is 2. The van der Waals surface area contributed by atoms with Gasteiger partial charge in [0.05, 0.1) is 0 Å². The number of urea groups is 1. The lowest BCUT2D eigenvalue weighted by Gasteiger charge is -2.25. The van der Waals surface area contributed by atoms with Crippen molar-refractivity contribution >= 4 is 35.1 Å². The average Bonchev–Trinajstić information content (AvgIpc) is 2.39. The van der Waals surface area contributed by atoms with Crippen LogP contribution in [0.25, 0.3) is 0 Å². The summed E-state index contributed by atoms with van der Waals surface area (Å²) in [6.45, 7) is 4.00. The molecule has 5 heteroatoms. The van der Waals surface area contributed by atoms with Crippen molar-refractivity contribution in [2.45, 2.75) is 26.3 Å². The summed E-state index contributed by atoms with van der Waals surface area (Å²) in [6.07, 6.45) is 3.06. The van der Waals surface area contributed by atoms with Crippen molar-refractivity contribution in [3.05, 3.63) is 28.8 Å². The third kappa shape index (κ3) is 4.96. The van der Waals surface area contributed by atoms with E-state index in [1.807, 2.05) is 26.1 Å². The molecule has 106 valence electrons. The molecular formula is C14H21ClN2OS. The summed E-state index contributed by atoms with van der Waals surface area (Å²) in [7, 11) is 1.82. The molecule has 0 aliphatic carbocycles. The summed E-state index contributed by atoms with van der Waals surface area (Å²) in [6, 6.07) is 5.60. The normalized spacial score (nSPS) is 12.1. The second kappa shape index (κ2) is 7.65. The first-order valence-corrected chi connectivity index (χ1v) is 8.01. The molecule has 0 bridgehead atoms. The van der Waals surface area contributed by atoms with Gasteiger partial charge in [0, 0.05) is 23.8 Å². The summed E-state index contributed by atoms with van der Waals surface area (Å²) in [4.78, 5) is 13.9. The maximum Gasteiger partial charge on any atom is 0.321 e. The molecule has 0 fully saturated rings. The minimum Gasteiger partial charge on any atom is -0.325 e. The van der Waals surface area contributed by atoms with Crippen molar-refractivity contribution in [3.63, 3.8) is 0 Å². The fourth-order valence-electron chi connectivity index (χ4n) is 1.61. The van der Waals surface area contributed by atoms with Crippen LogP contribution in [0, 0.1) is 6.92 Å².